The molecule has 6 heteroatoms. The van der Waals surface area contributed by atoms with Crippen molar-refractivity contribution in [2.75, 3.05) is 0 Å². The Morgan fingerprint density at radius 3 is 2.16 bits per heavy atom. The van der Waals surface area contributed by atoms with Crippen molar-refractivity contribution < 1.29 is 24.5 Å². The second kappa shape index (κ2) is 7.38. The molecule has 0 saturated heterocycles. The van der Waals surface area contributed by atoms with E-state index in [0.29, 0.717) is 5.56 Å². The Morgan fingerprint density at radius 1 is 1.21 bits per heavy atom. The number of esters is 1. The van der Waals surface area contributed by atoms with Crippen molar-refractivity contribution in [3.8, 4) is 5.75 Å². The van der Waals surface area contributed by atoms with Gasteiger partial charge >= 0.3 is 12.1 Å². The lowest BCUT2D eigenvalue weighted by Gasteiger charge is -2.08. The zero-order valence-electron chi connectivity index (χ0n) is 10.4. The molecule has 1 aliphatic rings. The van der Waals surface area contributed by atoms with Crippen molar-refractivity contribution in [2.45, 2.75) is 31.7 Å². The number of phenols is 1. The largest absolute Gasteiger partial charge is 0.513 e. The molecule has 0 aromatic heterocycles. The quantitative estimate of drug-likeness (QED) is 0.567. The van der Waals surface area contributed by atoms with Gasteiger partial charge in [-0.25, -0.2) is 9.59 Å². The van der Waals surface area contributed by atoms with E-state index in [1.54, 1.807) is 12.1 Å². The molecule has 0 amide bonds. The molecule has 1 aromatic rings. The van der Waals surface area contributed by atoms with Gasteiger partial charge in [0.2, 0.25) is 0 Å². The molecule has 2 rings (SSSR count). The maximum absolute atomic E-state index is 11.0. The van der Waals surface area contributed by atoms with Crippen molar-refractivity contribution in [1.82, 2.24) is 0 Å². The molecule has 104 valence electrons. The van der Waals surface area contributed by atoms with Gasteiger partial charge in [0.1, 0.15) is 11.8 Å². The lowest BCUT2D eigenvalue weighted by Crippen LogP contribution is -2.35. The molecular formula is C13H17NO5. The molecule has 0 spiro atoms. The lowest BCUT2D eigenvalue weighted by atomic mass is 10.1. The van der Waals surface area contributed by atoms with E-state index in [4.69, 9.17) is 15.9 Å². The molecule has 0 radical (unpaired) electrons. The molecule has 1 aromatic carbocycles. The smallest absolute Gasteiger partial charge is 0.508 e. The van der Waals surface area contributed by atoms with Crippen LogP contribution in [0.4, 0.5) is 4.79 Å². The summed E-state index contributed by atoms with van der Waals surface area (Å²) in [4.78, 5) is 21.1. The van der Waals surface area contributed by atoms with Gasteiger partial charge in [0.15, 0.2) is 0 Å². The van der Waals surface area contributed by atoms with Crippen LogP contribution in [0.3, 0.4) is 0 Å². The average Bonchev–Trinajstić information content (AvgIpc) is 3.19. The van der Waals surface area contributed by atoms with Gasteiger partial charge in [-0.15, -0.1) is 0 Å². The number of hydrogen-bond donors (Lipinski definition) is 3. The van der Waals surface area contributed by atoms with Crippen molar-refractivity contribution in [1.29, 1.82) is 0 Å². The molecule has 1 fully saturated rings. The van der Waals surface area contributed by atoms with Crippen molar-refractivity contribution in [3.05, 3.63) is 29.8 Å². The fourth-order valence-electron chi connectivity index (χ4n) is 1.13. The SMILES string of the molecule is C1CC1.NC(Cc1ccc(O)cc1)C(=O)OC(=O)O. The Balaban J connectivity index is 0.000000524. The lowest BCUT2D eigenvalue weighted by molar-refractivity contribution is -0.140. The van der Waals surface area contributed by atoms with Crippen LogP contribution in [0.15, 0.2) is 24.3 Å². The van der Waals surface area contributed by atoms with Gasteiger partial charge in [-0.05, 0) is 24.1 Å². The van der Waals surface area contributed by atoms with E-state index in [9.17, 15) is 9.59 Å². The number of hydrogen-bond acceptors (Lipinski definition) is 5. The molecule has 0 aliphatic heterocycles. The highest BCUT2D eigenvalue weighted by molar-refractivity contribution is 5.84. The van der Waals surface area contributed by atoms with E-state index in [1.165, 1.54) is 31.4 Å². The van der Waals surface area contributed by atoms with Crippen LogP contribution in [0.2, 0.25) is 0 Å². The summed E-state index contributed by atoms with van der Waals surface area (Å²) in [5, 5.41) is 17.2. The van der Waals surface area contributed by atoms with Crippen LogP contribution in [0.25, 0.3) is 0 Å². The zero-order valence-corrected chi connectivity index (χ0v) is 10.4. The summed E-state index contributed by atoms with van der Waals surface area (Å²) in [5.74, 6) is -0.897. The third kappa shape index (κ3) is 7.05. The normalized spacial score (nSPS) is 13.7. The van der Waals surface area contributed by atoms with Gasteiger partial charge in [-0.1, -0.05) is 31.4 Å². The minimum Gasteiger partial charge on any atom is -0.508 e. The van der Waals surface area contributed by atoms with E-state index < -0.39 is 18.2 Å². The number of ether oxygens (including phenoxy) is 1. The number of rotatable bonds is 3. The van der Waals surface area contributed by atoms with Gasteiger partial charge in [0.05, 0.1) is 0 Å². The highest BCUT2D eigenvalue weighted by Crippen LogP contribution is 2.14. The monoisotopic (exact) mass is 267 g/mol. The molecule has 0 bridgehead atoms. The highest BCUT2D eigenvalue weighted by atomic mass is 16.7. The van der Waals surface area contributed by atoms with E-state index in [0.717, 1.165) is 0 Å². The van der Waals surface area contributed by atoms with Gasteiger partial charge in [0, 0.05) is 0 Å². The summed E-state index contributed by atoms with van der Waals surface area (Å²) >= 11 is 0. The van der Waals surface area contributed by atoms with Gasteiger partial charge in [-0.3, -0.25) is 0 Å². The predicted molar refractivity (Wildman–Crippen MR) is 67.8 cm³/mol. The Kier molecular flexibility index (Phi) is 5.81. The maximum atomic E-state index is 11.0. The van der Waals surface area contributed by atoms with Crippen molar-refractivity contribution in [3.63, 3.8) is 0 Å². The fraction of sp³-hybridized carbons (Fsp3) is 0.385. The first kappa shape index (κ1) is 15.0. The Hall–Kier alpha value is -2.08. The zero-order chi connectivity index (χ0) is 14.3. The van der Waals surface area contributed by atoms with E-state index in [-0.39, 0.29) is 12.2 Å². The number of aromatic hydroxyl groups is 1. The minimum absolute atomic E-state index is 0.102. The first-order valence-corrected chi connectivity index (χ1v) is 5.97. The summed E-state index contributed by atoms with van der Waals surface area (Å²) in [6.07, 6.45) is 2.97. The fourth-order valence-corrected chi connectivity index (χ4v) is 1.13. The molecule has 19 heavy (non-hydrogen) atoms. The third-order valence-electron chi connectivity index (χ3n) is 2.24. The summed E-state index contributed by atoms with van der Waals surface area (Å²) in [7, 11) is 0. The van der Waals surface area contributed by atoms with Gasteiger partial charge in [-0.2, -0.15) is 0 Å². The van der Waals surface area contributed by atoms with Gasteiger partial charge < -0.3 is 20.7 Å². The van der Waals surface area contributed by atoms with Crippen LogP contribution < -0.4 is 5.73 Å². The topological polar surface area (TPSA) is 110 Å². The number of carbonyl (C=O) groups is 2. The number of nitrogens with two attached hydrogens (primary N) is 1. The van der Waals surface area contributed by atoms with Crippen LogP contribution in [0.1, 0.15) is 24.8 Å². The molecule has 0 heterocycles. The molecule has 1 unspecified atom stereocenters. The number of carbonyl (C=O) groups excluding carboxylic acids is 1. The van der Waals surface area contributed by atoms with E-state index in [2.05, 4.69) is 4.74 Å². The maximum Gasteiger partial charge on any atom is 0.513 e. The van der Waals surface area contributed by atoms with Crippen molar-refractivity contribution >= 4 is 12.1 Å². The van der Waals surface area contributed by atoms with Gasteiger partial charge in [0.25, 0.3) is 0 Å². The van der Waals surface area contributed by atoms with E-state index >= 15 is 0 Å². The molecule has 1 saturated carbocycles. The van der Waals surface area contributed by atoms with Crippen LogP contribution in [-0.4, -0.2) is 28.4 Å². The minimum atomic E-state index is -1.67. The Bertz CT molecular complexity index is 424. The second-order valence-corrected chi connectivity index (χ2v) is 4.22. The average molecular weight is 267 g/mol. The molecule has 4 N–H and O–H groups in total. The second-order valence-electron chi connectivity index (χ2n) is 4.22. The number of benzene rings is 1. The highest BCUT2D eigenvalue weighted by Gasteiger charge is 2.18. The third-order valence-corrected chi connectivity index (χ3v) is 2.24. The summed E-state index contributed by atoms with van der Waals surface area (Å²) in [6, 6.07) is 5.03. The van der Waals surface area contributed by atoms with E-state index in [1.807, 2.05) is 0 Å². The molecular weight excluding hydrogens is 250 g/mol. The van der Waals surface area contributed by atoms with Crippen molar-refractivity contribution in [2.24, 2.45) is 5.73 Å². The first-order valence-electron chi connectivity index (χ1n) is 5.97. The number of phenolic OH excluding ortho intramolecular Hbond substituents is 1. The molecule has 6 nitrogen and oxygen atoms in total. The Morgan fingerprint density at radius 2 is 1.74 bits per heavy atom. The Labute approximate surface area is 110 Å². The predicted octanol–water partition coefficient (Wildman–Crippen LogP) is 1.65. The summed E-state index contributed by atoms with van der Waals surface area (Å²) < 4.78 is 3.91. The van der Waals surface area contributed by atoms with Crippen LogP contribution in [0, 0.1) is 0 Å². The first-order chi connectivity index (χ1) is 8.99. The van der Waals surface area contributed by atoms with Crippen LogP contribution in [0.5, 0.6) is 5.75 Å². The summed E-state index contributed by atoms with van der Waals surface area (Å²) in [6.45, 7) is 0. The summed E-state index contributed by atoms with van der Waals surface area (Å²) in [5.41, 5.74) is 6.14. The van der Waals surface area contributed by atoms with Crippen LogP contribution in [-0.2, 0) is 16.0 Å². The number of carboxylic acid groups (broad SMARTS) is 1. The standard InChI is InChI=1S/C10H11NO5.C3H6/c11-8(9(13)16-10(14)15)5-6-1-3-7(12)4-2-6;1-2-3-1/h1-4,8,12H,5,11H2,(H,14,15);1-3H2. The van der Waals surface area contributed by atoms with Crippen LogP contribution >= 0.6 is 0 Å². The molecule has 1 aliphatic carbocycles. The molecule has 1 atom stereocenters.